The van der Waals surface area contributed by atoms with Crippen molar-refractivity contribution in [3.63, 3.8) is 0 Å². The van der Waals surface area contributed by atoms with E-state index in [2.05, 4.69) is 31.4 Å². The smallest absolute Gasteiger partial charge is 0.265 e. The van der Waals surface area contributed by atoms with Crippen LogP contribution in [0.15, 0.2) is 30.3 Å². The molecule has 0 atom stereocenters. The Hall–Kier alpha value is -2.34. The van der Waals surface area contributed by atoms with Crippen molar-refractivity contribution in [2.45, 2.75) is 39.0 Å². The minimum absolute atomic E-state index is 0.0179. The number of phenols is 1. The summed E-state index contributed by atoms with van der Waals surface area (Å²) in [5.41, 5.74) is 1.31. The molecule has 1 saturated carbocycles. The normalized spacial score (nSPS) is 14.2. The molecule has 0 bridgehead atoms. The van der Waals surface area contributed by atoms with E-state index in [0.29, 0.717) is 15.6 Å². The number of carbonyl (C=O) groups excluding carboxylic acids is 2. The number of benzene rings is 1. The molecule has 2 aromatic rings. The zero-order valence-corrected chi connectivity index (χ0v) is 15.4. The highest BCUT2D eigenvalue weighted by Gasteiger charge is 2.30. The lowest BCUT2D eigenvalue weighted by atomic mass is 9.87. The molecule has 132 valence electrons. The van der Waals surface area contributed by atoms with E-state index >= 15 is 0 Å². The Kier molecular flexibility index (Phi) is 4.56. The molecule has 0 saturated heterocycles. The van der Waals surface area contributed by atoms with E-state index in [0.717, 1.165) is 18.4 Å². The van der Waals surface area contributed by atoms with Crippen LogP contribution < -0.4 is 10.6 Å². The van der Waals surface area contributed by atoms with Crippen LogP contribution in [0.25, 0.3) is 0 Å². The summed E-state index contributed by atoms with van der Waals surface area (Å²) in [6.07, 6.45) is 1.88. The van der Waals surface area contributed by atoms with Gasteiger partial charge in [-0.05, 0) is 48.1 Å². The van der Waals surface area contributed by atoms with Crippen molar-refractivity contribution in [3.8, 4) is 5.75 Å². The van der Waals surface area contributed by atoms with E-state index < -0.39 is 0 Å². The Morgan fingerprint density at radius 2 is 1.84 bits per heavy atom. The van der Waals surface area contributed by atoms with Crippen LogP contribution in [0.2, 0.25) is 0 Å². The van der Waals surface area contributed by atoms with Crippen molar-refractivity contribution in [2.24, 2.45) is 5.92 Å². The highest BCUT2D eigenvalue weighted by Crippen LogP contribution is 2.33. The van der Waals surface area contributed by atoms with Crippen molar-refractivity contribution in [1.82, 2.24) is 0 Å². The van der Waals surface area contributed by atoms with Gasteiger partial charge < -0.3 is 15.7 Å². The standard InChI is InChI=1S/C19H22N2O3S/c1-19(2,3)12-6-7-14(22)13(10-12)20-18(24)15-8-9-16(25-15)21-17(23)11-4-5-11/h6-11,22H,4-5H2,1-3H3,(H,20,24)(H,21,23). The second-order valence-corrected chi connectivity index (χ2v) is 8.45. The summed E-state index contributed by atoms with van der Waals surface area (Å²) in [6, 6.07) is 8.63. The topological polar surface area (TPSA) is 78.4 Å². The van der Waals surface area contributed by atoms with Crippen molar-refractivity contribution in [2.75, 3.05) is 10.6 Å². The predicted molar refractivity (Wildman–Crippen MR) is 100 cm³/mol. The molecule has 0 aliphatic heterocycles. The zero-order valence-electron chi connectivity index (χ0n) is 14.6. The fraction of sp³-hybridized carbons (Fsp3) is 0.368. The molecule has 3 N–H and O–H groups in total. The Labute approximate surface area is 151 Å². The molecule has 3 rings (SSSR count). The molecule has 25 heavy (non-hydrogen) atoms. The number of anilines is 2. The Morgan fingerprint density at radius 1 is 1.12 bits per heavy atom. The van der Waals surface area contributed by atoms with Crippen LogP contribution >= 0.6 is 11.3 Å². The van der Waals surface area contributed by atoms with E-state index in [9.17, 15) is 14.7 Å². The first kappa shape index (κ1) is 17.5. The van der Waals surface area contributed by atoms with Crippen LogP contribution in [0.5, 0.6) is 5.75 Å². The number of phenolic OH excluding ortho intramolecular Hbond substituents is 1. The highest BCUT2D eigenvalue weighted by molar-refractivity contribution is 7.18. The molecule has 1 heterocycles. The lowest BCUT2D eigenvalue weighted by Crippen LogP contribution is -2.14. The van der Waals surface area contributed by atoms with Gasteiger partial charge in [0.05, 0.1) is 15.6 Å². The van der Waals surface area contributed by atoms with Crippen molar-refractivity contribution in [1.29, 1.82) is 0 Å². The number of thiophene rings is 1. The van der Waals surface area contributed by atoms with Gasteiger partial charge in [-0.15, -0.1) is 11.3 Å². The third kappa shape index (κ3) is 4.20. The van der Waals surface area contributed by atoms with E-state index in [1.165, 1.54) is 11.3 Å². The summed E-state index contributed by atoms with van der Waals surface area (Å²) in [5, 5.41) is 16.3. The number of amides is 2. The number of hydrogen-bond acceptors (Lipinski definition) is 4. The molecule has 5 nitrogen and oxygen atoms in total. The molecule has 2 amide bonds. The SMILES string of the molecule is CC(C)(C)c1ccc(O)c(NC(=O)c2ccc(NC(=O)C3CC3)s2)c1. The van der Waals surface area contributed by atoms with Gasteiger partial charge in [0, 0.05) is 5.92 Å². The number of nitrogens with one attached hydrogen (secondary N) is 2. The number of carbonyl (C=O) groups is 2. The quantitative estimate of drug-likeness (QED) is 0.711. The average molecular weight is 358 g/mol. The van der Waals surface area contributed by atoms with Gasteiger partial charge in [-0.2, -0.15) is 0 Å². The summed E-state index contributed by atoms with van der Waals surface area (Å²) < 4.78 is 0. The van der Waals surface area contributed by atoms with Crippen molar-refractivity contribution >= 4 is 33.8 Å². The van der Waals surface area contributed by atoms with E-state index in [4.69, 9.17) is 0 Å². The average Bonchev–Trinajstić information content (AvgIpc) is 3.28. The highest BCUT2D eigenvalue weighted by atomic mass is 32.1. The molecule has 1 aromatic carbocycles. The third-order valence-electron chi connectivity index (χ3n) is 4.14. The maximum Gasteiger partial charge on any atom is 0.265 e. The molecule has 1 aliphatic rings. The Bertz CT molecular complexity index is 816. The van der Waals surface area contributed by atoms with Gasteiger partial charge in [0.2, 0.25) is 5.91 Å². The fourth-order valence-electron chi connectivity index (χ4n) is 2.38. The first-order valence-electron chi connectivity index (χ1n) is 8.29. The lowest BCUT2D eigenvalue weighted by Gasteiger charge is -2.20. The zero-order chi connectivity index (χ0) is 18.2. The number of hydrogen-bond donors (Lipinski definition) is 3. The molecule has 0 spiro atoms. The predicted octanol–water partition coefficient (Wildman–Crippen LogP) is 4.35. The monoisotopic (exact) mass is 358 g/mol. The second kappa shape index (κ2) is 6.52. The molecule has 6 heteroatoms. The minimum atomic E-state index is -0.307. The Morgan fingerprint density at radius 3 is 2.48 bits per heavy atom. The van der Waals surface area contributed by atoms with Gasteiger partial charge >= 0.3 is 0 Å². The Balaban J connectivity index is 1.72. The maximum atomic E-state index is 12.4. The van der Waals surface area contributed by atoms with Gasteiger partial charge in [0.25, 0.3) is 5.91 Å². The van der Waals surface area contributed by atoms with Crippen LogP contribution in [0.3, 0.4) is 0 Å². The summed E-state index contributed by atoms with van der Waals surface area (Å²) in [4.78, 5) is 24.7. The molecular weight excluding hydrogens is 336 g/mol. The number of aromatic hydroxyl groups is 1. The fourth-order valence-corrected chi connectivity index (χ4v) is 3.19. The van der Waals surface area contributed by atoms with E-state index in [-0.39, 0.29) is 28.9 Å². The maximum absolute atomic E-state index is 12.4. The summed E-state index contributed by atoms with van der Waals surface area (Å²) in [7, 11) is 0. The van der Waals surface area contributed by atoms with Gasteiger partial charge in [-0.25, -0.2) is 0 Å². The van der Waals surface area contributed by atoms with Gasteiger partial charge in [0.1, 0.15) is 5.75 Å². The lowest BCUT2D eigenvalue weighted by molar-refractivity contribution is -0.117. The molecule has 0 radical (unpaired) electrons. The van der Waals surface area contributed by atoms with Crippen LogP contribution in [-0.2, 0) is 10.2 Å². The number of rotatable bonds is 4. The first-order chi connectivity index (χ1) is 11.7. The van der Waals surface area contributed by atoms with Crippen molar-refractivity contribution in [3.05, 3.63) is 40.8 Å². The van der Waals surface area contributed by atoms with Crippen molar-refractivity contribution < 1.29 is 14.7 Å². The third-order valence-corrected chi connectivity index (χ3v) is 5.13. The van der Waals surface area contributed by atoms with Gasteiger partial charge in [0.15, 0.2) is 0 Å². The van der Waals surface area contributed by atoms with E-state index in [1.54, 1.807) is 24.3 Å². The minimum Gasteiger partial charge on any atom is -0.506 e. The van der Waals surface area contributed by atoms with Gasteiger partial charge in [-0.3, -0.25) is 9.59 Å². The van der Waals surface area contributed by atoms with Crippen LogP contribution in [-0.4, -0.2) is 16.9 Å². The molecule has 1 aromatic heterocycles. The van der Waals surface area contributed by atoms with E-state index in [1.807, 2.05) is 6.07 Å². The largest absolute Gasteiger partial charge is 0.506 e. The molecule has 0 unspecified atom stereocenters. The summed E-state index contributed by atoms with van der Waals surface area (Å²) in [5.74, 6) is -0.140. The van der Waals surface area contributed by atoms with Gasteiger partial charge in [-0.1, -0.05) is 26.8 Å². The summed E-state index contributed by atoms with van der Waals surface area (Å²) in [6.45, 7) is 6.21. The second-order valence-electron chi connectivity index (χ2n) is 7.36. The first-order valence-corrected chi connectivity index (χ1v) is 9.11. The van der Waals surface area contributed by atoms with Crippen LogP contribution in [0.4, 0.5) is 10.7 Å². The summed E-state index contributed by atoms with van der Waals surface area (Å²) >= 11 is 1.22. The van der Waals surface area contributed by atoms with Crippen LogP contribution in [0, 0.1) is 5.92 Å². The molecule has 1 aliphatic carbocycles. The molecular formula is C19H22N2O3S. The van der Waals surface area contributed by atoms with Crippen LogP contribution in [0.1, 0.15) is 48.8 Å². The molecule has 1 fully saturated rings.